The van der Waals surface area contributed by atoms with E-state index in [9.17, 15) is 9.59 Å². The predicted octanol–water partition coefficient (Wildman–Crippen LogP) is 5.62. The summed E-state index contributed by atoms with van der Waals surface area (Å²) >= 11 is 0. The number of hydrogen-bond donors (Lipinski definition) is 1. The van der Waals surface area contributed by atoms with Crippen LogP contribution in [-0.2, 0) is 6.42 Å². The average molecular weight is 464 g/mol. The van der Waals surface area contributed by atoms with Crippen molar-refractivity contribution in [1.82, 2.24) is 4.90 Å². The summed E-state index contributed by atoms with van der Waals surface area (Å²) in [5.41, 5.74) is 4.48. The molecular formula is C30H29N3O2. The van der Waals surface area contributed by atoms with Crippen molar-refractivity contribution < 1.29 is 9.59 Å². The van der Waals surface area contributed by atoms with E-state index in [-0.39, 0.29) is 11.8 Å². The highest BCUT2D eigenvalue weighted by Gasteiger charge is 2.22. The zero-order valence-electron chi connectivity index (χ0n) is 19.9. The maximum absolute atomic E-state index is 12.8. The molecule has 1 heterocycles. The summed E-state index contributed by atoms with van der Waals surface area (Å²) < 4.78 is 0. The highest BCUT2D eigenvalue weighted by Crippen LogP contribution is 2.22. The van der Waals surface area contributed by atoms with Gasteiger partial charge in [0.05, 0.1) is 0 Å². The average Bonchev–Trinajstić information content (AvgIpc) is 2.93. The second-order valence-corrected chi connectivity index (χ2v) is 8.89. The molecule has 0 aliphatic carbocycles. The lowest BCUT2D eigenvalue weighted by Gasteiger charge is -2.36. The largest absolute Gasteiger partial charge is 0.368 e. The van der Waals surface area contributed by atoms with Crippen LogP contribution in [0.15, 0.2) is 91.0 Å². The van der Waals surface area contributed by atoms with E-state index in [1.54, 1.807) is 0 Å². The van der Waals surface area contributed by atoms with Crippen LogP contribution < -0.4 is 10.2 Å². The molecule has 0 spiro atoms. The van der Waals surface area contributed by atoms with Crippen molar-refractivity contribution in [1.29, 1.82) is 0 Å². The highest BCUT2D eigenvalue weighted by molar-refractivity contribution is 6.06. The molecule has 5 heteroatoms. The molecule has 0 saturated carbocycles. The van der Waals surface area contributed by atoms with Crippen LogP contribution in [0.4, 0.5) is 11.4 Å². The number of aryl methyl sites for hydroxylation is 1. The lowest BCUT2D eigenvalue weighted by atomic mass is 10.1. The van der Waals surface area contributed by atoms with Gasteiger partial charge in [-0.25, -0.2) is 0 Å². The number of carbonyl (C=O) groups is 2. The molecule has 0 atom stereocenters. The first-order valence-electron chi connectivity index (χ1n) is 12.1. The molecule has 0 radical (unpaired) electrons. The Morgan fingerprint density at radius 3 is 2.09 bits per heavy atom. The smallest absolute Gasteiger partial charge is 0.255 e. The van der Waals surface area contributed by atoms with E-state index >= 15 is 0 Å². The zero-order chi connectivity index (χ0) is 24.2. The van der Waals surface area contributed by atoms with Crippen molar-refractivity contribution in [2.24, 2.45) is 0 Å². The lowest BCUT2D eigenvalue weighted by Crippen LogP contribution is -2.48. The van der Waals surface area contributed by atoms with E-state index in [2.05, 4.69) is 17.1 Å². The number of carbonyl (C=O) groups excluding carboxylic acids is 2. The molecule has 5 nitrogen and oxygen atoms in total. The number of amides is 2. The summed E-state index contributed by atoms with van der Waals surface area (Å²) in [6.07, 6.45) is 0.971. The van der Waals surface area contributed by atoms with Crippen LogP contribution in [0.5, 0.6) is 0 Å². The molecule has 1 fully saturated rings. The van der Waals surface area contributed by atoms with E-state index in [1.165, 1.54) is 5.56 Å². The Morgan fingerprint density at radius 2 is 1.40 bits per heavy atom. The number of nitrogens with zero attached hydrogens (tertiary/aromatic N) is 2. The second-order valence-electron chi connectivity index (χ2n) is 8.89. The van der Waals surface area contributed by atoms with Crippen molar-refractivity contribution in [3.63, 3.8) is 0 Å². The van der Waals surface area contributed by atoms with E-state index in [0.29, 0.717) is 18.7 Å². The minimum absolute atomic E-state index is 0.0963. The SMILES string of the molecule is CCc1ccc(C(=O)N2CCN(c3ccc(NC(=O)c4ccc5ccccc5c4)cc3)CC2)cc1. The highest BCUT2D eigenvalue weighted by atomic mass is 16.2. The fourth-order valence-electron chi connectivity index (χ4n) is 4.52. The number of benzene rings is 4. The van der Waals surface area contributed by atoms with Gasteiger partial charge >= 0.3 is 0 Å². The van der Waals surface area contributed by atoms with Gasteiger partial charge in [0.1, 0.15) is 0 Å². The van der Waals surface area contributed by atoms with Gasteiger partial charge in [0.2, 0.25) is 0 Å². The summed E-state index contributed by atoms with van der Waals surface area (Å²) in [6, 6.07) is 29.6. The van der Waals surface area contributed by atoms with Gasteiger partial charge < -0.3 is 15.1 Å². The first kappa shape index (κ1) is 22.7. The Bertz CT molecular complexity index is 1340. The molecule has 1 saturated heterocycles. The molecule has 35 heavy (non-hydrogen) atoms. The summed E-state index contributed by atoms with van der Waals surface area (Å²) in [5, 5.41) is 5.15. The predicted molar refractivity (Wildman–Crippen MR) is 142 cm³/mol. The quantitative estimate of drug-likeness (QED) is 0.418. The summed E-state index contributed by atoms with van der Waals surface area (Å²) in [4.78, 5) is 29.8. The Morgan fingerprint density at radius 1 is 0.743 bits per heavy atom. The maximum atomic E-state index is 12.8. The maximum Gasteiger partial charge on any atom is 0.255 e. The van der Waals surface area contributed by atoms with Crippen LogP contribution in [0.3, 0.4) is 0 Å². The van der Waals surface area contributed by atoms with Crippen LogP contribution >= 0.6 is 0 Å². The number of hydrogen-bond acceptors (Lipinski definition) is 3. The van der Waals surface area contributed by atoms with Gasteiger partial charge in [-0.05, 0) is 71.3 Å². The van der Waals surface area contributed by atoms with Crippen LogP contribution in [0.25, 0.3) is 10.8 Å². The topological polar surface area (TPSA) is 52.7 Å². The van der Waals surface area contributed by atoms with Gasteiger partial charge in [0.15, 0.2) is 0 Å². The van der Waals surface area contributed by atoms with E-state index in [4.69, 9.17) is 0 Å². The molecule has 0 bridgehead atoms. The van der Waals surface area contributed by atoms with E-state index in [0.717, 1.165) is 47.2 Å². The van der Waals surface area contributed by atoms with Gasteiger partial charge in [-0.3, -0.25) is 9.59 Å². The standard InChI is InChI=1S/C30H29N3O2/c1-2-22-7-9-24(10-8-22)30(35)33-19-17-32(18-20-33)28-15-13-27(14-16-28)31-29(34)26-12-11-23-5-3-4-6-25(23)21-26/h3-16,21H,2,17-20H2,1H3,(H,31,34). The monoisotopic (exact) mass is 463 g/mol. The number of fused-ring (bicyclic) bond motifs is 1. The first-order chi connectivity index (χ1) is 17.1. The minimum Gasteiger partial charge on any atom is -0.368 e. The number of nitrogens with one attached hydrogen (secondary N) is 1. The zero-order valence-corrected chi connectivity index (χ0v) is 19.9. The molecular weight excluding hydrogens is 434 g/mol. The Kier molecular flexibility index (Phi) is 6.49. The lowest BCUT2D eigenvalue weighted by molar-refractivity contribution is 0.0746. The van der Waals surface area contributed by atoms with Crippen molar-refractivity contribution >= 4 is 34.0 Å². The summed E-state index contributed by atoms with van der Waals surface area (Å²) in [6.45, 7) is 5.05. The van der Waals surface area contributed by atoms with Gasteiger partial charge in [-0.2, -0.15) is 0 Å². The molecule has 4 aromatic carbocycles. The molecule has 0 aromatic heterocycles. The molecule has 176 valence electrons. The Balaban J connectivity index is 1.17. The molecule has 4 aromatic rings. The third-order valence-corrected chi connectivity index (χ3v) is 6.68. The Hall–Kier alpha value is -4.12. The van der Waals surface area contributed by atoms with Gasteiger partial charge in [-0.15, -0.1) is 0 Å². The molecule has 1 N–H and O–H groups in total. The number of rotatable bonds is 5. The van der Waals surface area contributed by atoms with Crippen LogP contribution in [-0.4, -0.2) is 42.9 Å². The van der Waals surface area contributed by atoms with Gasteiger partial charge in [0, 0.05) is 48.7 Å². The van der Waals surface area contributed by atoms with Crippen LogP contribution in [0.2, 0.25) is 0 Å². The molecule has 1 aliphatic rings. The second kappa shape index (κ2) is 10.0. The van der Waals surface area contributed by atoms with Crippen molar-refractivity contribution in [3.8, 4) is 0 Å². The normalized spacial score (nSPS) is 13.6. The van der Waals surface area contributed by atoms with Gasteiger partial charge in [-0.1, -0.05) is 49.4 Å². The number of piperazine rings is 1. The van der Waals surface area contributed by atoms with Crippen molar-refractivity contribution in [3.05, 3.63) is 108 Å². The number of anilines is 2. The third-order valence-electron chi connectivity index (χ3n) is 6.68. The minimum atomic E-state index is -0.123. The van der Waals surface area contributed by atoms with E-state index in [1.807, 2.05) is 95.9 Å². The summed E-state index contributed by atoms with van der Waals surface area (Å²) in [7, 11) is 0. The van der Waals surface area contributed by atoms with Crippen LogP contribution in [0, 0.1) is 0 Å². The fraction of sp³-hybridized carbons (Fsp3) is 0.200. The Labute approximate surface area is 206 Å². The summed E-state index contributed by atoms with van der Waals surface area (Å²) in [5.74, 6) is -0.0262. The molecule has 1 aliphatic heterocycles. The molecule has 2 amide bonds. The fourth-order valence-corrected chi connectivity index (χ4v) is 4.52. The first-order valence-corrected chi connectivity index (χ1v) is 12.1. The molecule has 0 unspecified atom stereocenters. The molecule has 5 rings (SSSR count). The third kappa shape index (κ3) is 5.04. The van der Waals surface area contributed by atoms with Crippen molar-refractivity contribution in [2.75, 3.05) is 36.4 Å². The van der Waals surface area contributed by atoms with Gasteiger partial charge in [0.25, 0.3) is 11.8 Å². The van der Waals surface area contributed by atoms with Crippen molar-refractivity contribution in [2.45, 2.75) is 13.3 Å². The van der Waals surface area contributed by atoms with Crippen LogP contribution in [0.1, 0.15) is 33.2 Å². The van der Waals surface area contributed by atoms with E-state index < -0.39 is 0 Å².